The first-order valence-electron chi connectivity index (χ1n) is 2.83. The SMILES string of the molecule is [CH]=CC(O)CCC[CH2]. The first-order valence-corrected chi connectivity index (χ1v) is 2.83. The zero-order chi connectivity index (χ0) is 6.41. The van der Waals surface area contributed by atoms with Crippen LogP contribution in [0.4, 0.5) is 0 Å². The number of unbranched alkanes of at least 4 members (excludes halogenated alkanes) is 1. The average Bonchev–Trinajstić information content (AvgIpc) is 1.83. The Morgan fingerprint density at radius 3 is 2.75 bits per heavy atom. The van der Waals surface area contributed by atoms with Crippen LogP contribution < -0.4 is 0 Å². The van der Waals surface area contributed by atoms with Gasteiger partial charge in [-0.2, -0.15) is 0 Å². The van der Waals surface area contributed by atoms with Crippen molar-refractivity contribution in [3.8, 4) is 0 Å². The molecule has 0 saturated heterocycles. The van der Waals surface area contributed by atoms with E-state index in [4.69, 9.17) is 11.7 Å². The fourth-order valence-electron chi connectivity index (χ4n) is 0.450. The molecule has 46 valence electrons. The molecule has 8 heavy (non-hydrogen) atoms. The molecule has 0 aliphatic carbocycles. The van der Waals surface area contributed by atoms with Gasteiger partial charge in [-0.1, -0.05) is 32.4 Å². The van der Waals surface area contributed by atoms with Gasteiger partial charge in [0.25, 0.3) is 0 Å². The Hall–Kier alpha value is -0.300. The molecule has 0 saturated carbocycles. The van der Waals surface area contributed by atoms with E-state index in [9.17, 15) is 0 Å². The number of hydrogen-bond acceptors (Lipinski definition) is 1. The van der Waals surface area contributed by atoms with Gasteiger partial charge in [0.05, 0.1) is 6.10 Å². The quantitative estimate of drug-likeness (QED) is 0.582. The fraction of sp³-hybridized carbons (Fsp3) is 0.571. The van der Waals surface area contributed by atoms with Gasteiger partial charge < -0.3 is 5.11 Å². The molecule has 0 aliphatic rings. The molecule has 0 bridgehead atoms. The predicted octanol–water partition coefficient (Wildman–Crippen LogP) is 1.34. The van der Waals surface area contributed by atoms with E-state index in [2.05, 4.69) is 6.92 Å². The van der Waals surface area contributed by atoms with Crippen LogP contribution in [-0.2, 0) is 0 Å². The third-order valence-corrected chi connectivity index (χ3v) is 0.972. The molecule has 0 aromatic heterocycles. The number of aliphatic hydroxyl groups excluding tert-OH is 1. The summed E-state index contributed by atoms with van der Waals surface area (Å²) < 4.78 is 0. The van der Waals surface area contributed by atoms with Crippen molar-refractivity contribution < 1.29 is 5.11 Å². The molecule has 1 unspecified atom stereocenters. The van der Waals surface area contributed by atoms with Gasteiger partial charge in [0, 0.05) is 0 Å². The predicted molar refractivity (Wildman–Crippen MR) is 34.1 cm³/mol. The minimum atomic E-state index is -0.434. The van der Waals surface area contributed by atoms with Crippen LogP contribution in [0.15, 0.2) is 6.08 Å². The molecule has 0 aromatic rings. The zero-order valence-corrected chi connectivity index (χ0v) is 5.01. The monoisotopic (exact) mass is 112 g/mol. The molecule has 0 aliphatic heterocycles. The molecule has 0 spiro atoms. The molecular formula is C7H12O. The maximum absolute atomic E-state index is 8.78. The van der Waals surface area contributed by atoms with Crippen LogP contribution in [0.3, 0.4) is 0 Å². The van der Waals surface area contributed by atoms with Gasteiger partial charge in [-0.25, -0.2) is 0 Å². The number of hydrogen-bond donors (Lipinski definition) is 1. The van der Waals surface area contributed by atoms with E-state index in [1.165, 1.54) is 6.08 Å². The molecule has 0 aromatic carbocycles. The maximum Gasteiger partial charge on any atom is 0.0723 e. The highest BCUT2D eigenvalue weighted by Crippen LogP contribution is 1.98. The Bertz CT molecular complexity index is 59.4. The van der Waals surface area contributed by atoms with E-state index < -0.39 is 6.10 Å². The molecule has 0 fully saturated rings. The van der Waals surface area contributed by atoms with Crippen LogP contribution in [0.5, 0.6) is 0 Å². The Morgan fingerprint density at radius 1 is 1.75 bits per heavy atom. The highest BCUT2D eigenvalue weighted by molar-refractivity contribution is 4.74. The van der Waals surface area contributed by atoms with E-state index in [0.29, 0.717) is 0 Å². The molecule has 0 amide bonds. The van der Waals surface area contributed by atoms with Crippen molar-refractivity contribution in [2.75, 3.05) is 0 Å². The normalized spacial score (nSPS) is 13.2. The number of rotatable bonds is 4. The Kier molecular flexibility index (Phi) is 4.67. The van der Waals surface area contributed by atoms with Gasteiger partial charge >= 0.3 is 0 Å². The minimum Gasteiger partial charge on any atom is -0.389 e. The lowest BCUT2D eigenvalue weighted by atomic mass is 10.2. The summed E-state index contributed by atoms with van der Waals surface area (Å²) >= 11 is 0. The zero-order valence-electron chi connectivity index (χ0n) is 5.01. The van der Waals surface area contributed by atoms with Gasteiger partial charge in [0.1, 0.15) is 0 Å². The summed E-state index contributed by atoms with van der Waals surface area (Å²) in [7, 11) is 0. The van der Waals surface area contributed by atoms with Gasteiger partial charge in [0.15, 0.2) is 0 Å². The van der Waals surface area contributed by atoms with Crippen LogP contribution in [-0.4, -0.2) is 11.2 Å². The fourth-order valence-corrected chi connectivity index (χ4v) is 0.450. The Morgan fingerprint density at radius 2 is 2.38 bits per heavy atom. The van der Waals surface area contributed by atoms with Crippen molar-refractivity contribution in [1.82, 2.24) is 0 Å². The summed E-state index contributed by atoms with van der Waals surface area (Å²) in [6, 6.07) is 0. The van der Waals surface area contributed by atoms with Crippen LogP contribution in [0.1, 0.15) is 19.3 Å². The second-order valence-electron chi connectivity index (χ2n) is 1.76. The standard InChI is InChI=1S/C7H12O/c1-3-5-6-7(8)4-2/h2,4,7-8H,1,3,5-6H2. The Labute approximate surface area is 51.0 Å². The first kappa shape index (κ1) is 7.70. The Balaban J connectivity index is 2.98. The molecule has 1 N–H and O–H groups in total. The highest BCUT2D eigenvalue weighted by atomic mass is 16.3. The van der Waals surface area contributed by atoms with E-state index in [1.807, 2.05) is 0 Å². The summed E-state index contributed by atoms with van der Waals surface area (Å²) in [6.07, 6.45) is 3.41. The molecule has 0 heterocycles. The molecule has 2 radical (unpaired) electrons. The van der Waals surface area contributed by atoms with Crippen molar-refractivity contribution in [2.45, 2.75) is 25.4 Å². The largest absolute Gasteiger partial charge is 0.389 e. The van der Waals surface area contributed by atoms with Crippen molar-refractivity contribution >= 4 is 0 Å². The summed E-state index contributed by atoms with van der Waals surface area (Å²) in [6.45, 7) is 8.64. The van der Waals surface area contributed by atoms with Gasteiger partial charge in [0.2, 0.25) is 0 Å². The second kappa shape index (κ2) is 4.85. The third-order valence-electron chi connectivity index (χ3n) is 0.972. The molecular weight excluding hydrogens is 100 g/mol. The molecule has 1 atom stereocenters. The first-order chi connectivity index (χ1) is 3.81. The van der Waals surface area contributed by atoms with E-state index in [1.54, 1.807) is 0 Å². The van der Waals surface area contributed by atoms with E-state index in [0.717, 1.165) is 19.3 Å². The highest BCUT2D eigenvalue weighted by Gasteiger charge is 1.93. The van der Waals surface area contributed by atoms with Crippen molar-refractivity contribution in [1.29, 1.82) is 0 Å². The minimum absolute atomic E-state index is 0.434. The van der Waals surface area contributed by atoms with Gasteiger partial charge in [-0.3, -0.25) is 0 Å². The summed E-state index contributed by atoms with van der Waals surface area (Å²) in [5, 5.41) is 8.78. The van der Waals surface area contributed by atoms with Gasteiger partial charge in [-0.15, -0.1) is 0 Å². The van der Waals surface area contributed by atoms with E-state index in [-0.39, 0.29) is 0 Å². The second-order valence-corrected chi connectivity index (χ2v) is 1.76. The van der Waals surface area contributed by atoms with Crippen molar-refractivity contribution in [3.63, 3.8) is 0 Å². The van der Waals surface area contributed by atoms with Crippen LogP contribution in [0, 0.1) is 13.5 Å². The summed E-state index contributed by atoms with van der Waals surface area (Å²) in [4.78, 5) is 0. The lowest BCUT2D eigenvalue weighted by Gasteiger charge is -2.00. The number of aliphatic hydroxyl groups is 1. The lowest BCUT2D eigenvalue weighted by molar-refractivity contribution is 0.210. The van der Waals surface area contributed by atoms with Crippen molar-refractivity contribution in [3.05, 3.63) is 19.6 Å². The van der Waals surface area contributed by atoms with Crippen LogP contribution in [0.25, 0.3) is 0 Å². The molecule has 1 nitrogen and oxygen atoms in total. The maximum atomic E-state index is 8.78. The summed E-state index contributed by atoms with van der Waals surface area (Å²) in [5.41, 5.74) is 0. The molecule has 1 heteroatoms. The third kappa shape index (κ3) is 3.88. The van der Waals surface area contributed by atoms with Crippen LogP contribution in [0.2, 0.25) is 0 Å². The average molecular weight is 112 g/mol. The topological polar surface area (TPSA) is 20.2 Å². The van der Waals surface area contributed by atoms with Crippen molar-refractivity contribution in [2.24, 2.45) is 0 Å². The van der Waals surface area contributed by atoms with E-state index >= 15 is 0 Å². The molecule has 0 rings (SSSR count). The summed E-state index contributed by atoms with van der Waals surface area (Å²) in [5.74, 6) is 0. The smallest absolute Gasteiger partial charge is 0.0723 e. The lowest BCUT2D eigenvalue weighted by Crippen LogP contribution is -1.99. The van der Waals surface area contributed by atoms with Gasteiger partial charge in [-0.05, 0) is 6.42 Å². The van der Waals surface area contributed by atoms with Crippen LogP contribution >= 0.6 is 0 Å².